The fourth-order valence-corrected chi connectivity index (χ4v) is 2.61. The van der Waals surface area contributed by atoms with Gasteiger partial charge in [0.2, 0.25) is 5.95 Å². The summed E-state index contributed by atoms with van der Waals surface area (Å²) in [6, 6.07) is 4.62. The number of hydrogen-bond donors (Lipinski definition) is 2. The van der Waals surface area contributed by atoms with Crippen molar-refractivity contribution >= 4 is 23.7 Å². The van der Waals surface area contributed by atoms with E-state index in [1.165, 1.54) is 12.1 Å². The first kappa shape index (κ1) is 15.3. The summed E-state index contributed by atoms with van der Waals surface area (Å²) in [6.07, 6.45) is 0.634. The number of aryl methyl sites for hydroxylation is 2. The average molecular weight is 310 g/mol. The molecule has 0 unspecified atom stereocenters. The molecule has 0 aliphatic carbocycles. The van der Waals surface area contributed by atoms with E-state index in [0.29, 0.717) is 18.1 Å². The summed E-state index contributed by atoms with van der Waals surface area (Å²) < 4.78 is 14.7. The first-order valence-electron chi connectivity index (χ1n) is 6.25. The molecule has 1 aromatic carbocycles. The van der Waals surface area contributed by atoms with E-state index >= 15 is 0 Å². The van der Waals surface area contributed by atoms with Crippen molar-refractivity contribution in [2.24, 2.45) is 0 Å². The zero-order chi connectivity index (χ0) is 15.4. The fourth-order valence-electron chi connectivity index (χ4n) is 1.92. The van der Waals surface area contributed by atoms with Gasteiger partial charge >= 0.3 is 5.97 Å². The molecule has 112 valence electrons. The number of aliphatic carboxylic acids is 1. The van der Waals surface area contributed by atoms with Gasteiger partial charge < -0.3 is 10.8 Å². The van der Waals surface area contributed by atoms with Crippen molar-refractivity contribution in [3.63, 3.8) is 0 Å². The van der Waals surface area contributed by atoms with Crippen LogP contribution in [-0.4, -0.2) is 31.6 Å². The molecule has 3 N–H and O–H groups in total. The third-order valence-electron chi connectivity index (χ3n) is 2.98. The van der Waals surface area contributed by atoms with Crippen molar-refractivity contribution in [3.05, 3.63) is 35.1 Å². The van der Waals surface area contributed by atoms with Gasteiger partial charge in [-0.3, -0.25) is 9.36 Å². The molecule has 8 heteroatoms. The molecule has 0 aliphatic heterocycles. The third kappa shape index (κ3) is 3.94. The lowest BCUT2D eigenvalue weighted by molar-refractivity contribution is -0.133. The maximum absolute atomic E-state index is 13.1. The Kier molecular flexibility index (Phi) is 4.79. The van der Waals surface area contributed by atoms with Crippen LogP contribution in [0.25, 0.3) is 0 Å². The Morgan fingerprint density at radius 3 is 2.90 bits per heavy atom. The number of carboxylic acid groups (broad SMARTS) is 1. The van der Waals surface area contributed by atoms with E-state index in [-0.39, 0.29) is 17.5 Å². The molecule has 0 fully saturated rings. The van der Waals surface area contributed by atoms with Crippen molar-refractivity contribution in [3.8, 4) is 0 Å². The molecule has 2 rings (SSSR count). The van der Waals surface area contributed by atoms with Crippen LogP contribution in [-0.2, 0) is 17.8 Å². The number of carbonyl (C=O) groups is 1. The molecule has 1 heterocycles. The highest BCUT2D eigenvalue weighted by Crippen LogP contribution is 2.19. The van der Waals surface area contributed by atoms with E-state index in [2.05, 4.69) is 10.2 Å². The van der Waals surface area contributed by atoms with Gasteiger partial charge in [-0.25, -0.2) is 4.39 Å². The van der Waals surface area contributed by atoms with E-state index in [1.54, 1.807) is 10.6 Å². The van der Waals surface area contributed by atoms with Crippen LogP contribution in [0.2, 0.25) is 0 Å². The molecular formula is C13H15FN4O2S. The minimum atomic E-state index is -0.928. The van der Waals surface area contributed by atoms with Crippen LogP contribution < -0.4 is 5.73 Å². The topological polar surface area (TPSA) is 94.0 Å². The van der Waals surface area contributed by atoms with Gasteiger partial charge in [-0.05, 0) is 36.6 Å². The van der Waals surface area contributed by atoms with Crippen LogP contribution in [0.3, 0.4) is 0 Å². The number of aromatic nitrogens is 3. The van der Waals surface area contributed by atoms with Gasteiger partial charge in [0.25, 0.3) is 0 Å². The minimum absolute atomic E-state index is 0.103. The molecule has 0 spiro atoms. The number of nitrogens with zero attached hydrogens (tertiary/aromatic N) is 3. The number of hydrogen-bond acceptors (Lipinski definition) is 5. The lowest BCUT2D eigenvalue weighted by atomic mass is 10.1. The highest BCUT2D eigenvalue weighted by atomic mass is 32.2. The predicted octanol–water partition coefficient (Wildman–Crippen LogP) is 1.73. The van der Waals surface area contributed by atoms with E-state index in [1.807, 2.05) is 6.92 Å². The number of benzene rings is 1. The predicted molar refractivity (Wildman–Crippen MR) is 77.6 cm³/mol. The Bertz CT molecular complexity index is 660. The molecule has 2 aromatic rings. The zero-order valence-electron chi connectivity index (χ0n) is 11.4. The molecule has 0 atom stereocenters. The Morgan fingerprint density at radius 1 is 1.48 bits per heavy atom. The van der Waals surface area contributed by atoms with Gasteiger partial charge in [-0.1, -0.05) is 17.8 Å². The molecule has 1 aromatic heterocycles. The second kappa shape index (κ2) is 6.57. The lowest BCUT2D eigenvalue weighted by Crippen LogP contribution is -2.09. The standard InChI is InChI=1S/C13H15FN4O2S/c1-8-6-10(14)3-2-9(8)4-5-18-12(15)16-17-13(18)21-7-11(19)20/h2-3,6H,4-5,7H2,1H3,(H2,15,16)(H,19,20). The van der Waals surface area contributed by atoms with Crippen LogP contribution in [0.1, 0.15) is 11.1 Å². The largest absolute Gasteiger partial charge is 0.481 e. The van der Waals surface area contributed by atoms with Gasteiger partial charge in [0.05, 0.1) is 5.75 Å². The van der Waals surface area contributed by atoms with Crippen molar-refractivity contribution in [1.82, 2.24) is 14.8 Å². The van der Waals surface area contributed by atoms with Crippen LogP contribution in [0.4, 0.5) is 10.3 Å². The van der Waals surface area contributed by atoms with E-state index in [9.17, 15) is 9.18 Å². The highest BCUT2D eigenvalue weighted by molar-refractivity contribution is 7.99. The normalized spacial score (nSPS) is 10.8. The van der Waals surface area contributed by atoms with Crippen LogP contribution in [0.15, 0.2) is 23.4 Å². The first-order chi connectivity index (χ1) is 9.97. The molecule has 21 heavy (non-hydrogen) atoms. The Morgan fingerprint density at radius 2 is 2.24 bits per heavy atom. The quantitative estimate of drug-likeness (QED) is 0.789. The zero-order valence-corrected chi connectivity index (χ0v) is 12.2. The summed E-state index contributed by atoms with van der Waals surface area (Å²) in [6.45, 7) is 2.35. The first-order valence-corrected chi connectivity index (χ1v) is 7.24. The number of thioether (sulfide) groups is 1. The maximum Gasteiger partial charge on any atom is 0.313 e. The number of nitrogen functional groups attached to an aromatic ring is 1. The third-order valence-corrected chi connectivity index (χ3v) is 3.93. The van der Waals surface area contributed by atoms with Gasteiger partial charge in [-0.2, -0.15) is 0 Å². The smallest absolute Gasteiger partial charge is 0.313 e. The number of halogens is 1. The molecular weight excluding hydrogens is 295 g/mol. The second-order valence-corrected chi connectivity index (χ2v) is 5.44. The van der Waals surface area contributed by atoms with Crippen LogP contribution in [0.5, 0.6) is 0 Å². The molecule has 0 saturated heterocycles. The molecule has 0 bridgehead atoms. The SMILES string of the molecule is Cc1cc(F)ccc1CCn1c(N)nnc1SCC(=O)O. The summed E-state index contributed by atoms with van der Waals surface area (Å²) in [7, 11) is 0. The van der Waals surface area contributed by atoms with E-state index < -0.39 is 5.97 Å². The second-order valence-electron chi connectivity index (χ2n) is 4.50. The Hall–Kier alpha value is -2.09. The van der Waals surface area contributed by atoms with Gasteiger partial charge in [0, 0.05) is 6.54 Å². The summed E-state index contributed by atoms with van der Waals surface area (Å²) in [5, 5.41) is 16.8. The van der Waals surface area contributed by atoms with Crippen molar-refractivity contribution in [1.29, 1.82) is 0 Å². The number of nitrogens with two attached hydrogens (primary N) is 1. The number of rotatable bonds is 6. The van der Waals surface area contributed by atoms with Crippen LogP contribution in [0, 0.1) is 12.7 Å². The van der Waals surface area contributed by atoms with E-state index in [4.69, 9.17) is 10.8 Å². The maximum atomic E-state index is 13.1. The van der Waals surface area contributed by atoms with Crippen molar-refractivity contribution < 1.29 is 14.3 Å². The molecule has 0 aliphatic rings. The summed E-state index contributed by atoms with van der Waals surface area (Å²) in [5.74, 6) is -1.06. The summed E-state index contributed by atoms with van der Waals surface area (Å²) in [5.41, 5.74) is 7.60. The van der Waals surface area contributed by atoms with Crippen molar-refractivity contribution in [2.45, 2.75) is 25.0 Å². The monoisotopic (exact) mass is 310 g/mol. The Balaban J connectivity index is 2.08. The van der Waals surface area contributed by atoms with Gasteiger partial charge in [0.15, 0.2) is 5.16 Å². The number of carboxylic acids is 1. The molecule has 0 radical (unpaired) electrons. The number of anilines is 1. The van der Waals surface area contributed by atoms with Gasteiger partial charge in [0.1, 0.15) is 5.82 Å². The summed E-state index contributed by atoms with van der Waals surface area (Å²) in [4.78, 5) is 10.6. The average Bonchev–Trinajstić information content (AvgIpc) is 2.76. The van der Waals surface area contributed by atoms with E-state index in [0.717, 1.165) is 22.9 Å². The minimum Gasteiger partial charge on any atom is -0.481 e. The highest BCUT2D eigenvalue weighted by Gasteiger charge is 2.12. The van der Waals surface area contributed by atoms with Crippen molar-refractivity contribution in [2.75, 3.05) is 11.5 Å². The van der Waals surface area contributed by atoms with Crippen LogP contribution >= 0.6 is 11.8 Å². The summed E-state index contributed by atoms with van der Waals surface area (Å²) >= 11 is 1.07. The molecule has 0 saturated carbocycles. The lowest BCUT2D eigenvalue weighted by Gasteiger charge is -2.09. The Labute approximate surface area is 125 Å². The molecule has 6 nitrogen and oxygen atoms in total. The fraction of sp³-hybridized carbons (Fsp3) is 0.308. The molecule has 0 amide bonds. The van der Waals surface area contributed by atoms with Gasteiger partial charge in [-0.15, -0.1) is 10.2 Å².